The van der Waals surface area contributed by atoms with Gasteiger partial charge in [0.05, 0.1) is 22.8 Å². The van der Waals surface area contributed by atoms with E-state index in [0.29, 0.717) is 0 Å². The number of nitrogens with zero attached hydrogens (tertiary/aromatic N) is 1. The number of benzene rings is 1. The van der Waals surface area contributed by atoms with Crippen molar-refractivity contribution in [3.8, 4) is 0 Å². The predicted octanol–water partition coefficient (Wildman–Crippen LogP) is 2.43. The van der Waals surface area contributed by atoms with Gasteiger partial charge in [0.25, 0.3) is 0 Å². The first-order valence-corrected chi connectivity index (χ1v) is 7.95. The number of nitrogens with two attached hydrogens (primary N) is 1. The van der Waals surface area contributed by atoms with Crippen LogP contribution in [0.25, 0.3) is 0 Å². The summed E-state index contributed by atoms with van der Waals surface area (Å²) in [6, 6.07) is 9.01. The molecule has 1 aromatic heterocycles. The standard InChI is InChI=1S/C14H16FN3O2S/c1-2-13(14-8-3-10(15)9-17-14)18-11-4-6-12(7-5-11)21(16,19)20/h3-9,13,18H,2H2,1H3,(H2,16,19,20). The number of nitrogens with one attached hydrogen (secondary N) is 1. The van der Waals surface area contributed by atoms with E-state index >= 15 is 0 Å². The Kier molecular flexibility index (Phi) is 4.54. The van der Waals surface area contributed by atoms with Gasteiger partial charge in [-0.2, -0.15) is 0 Å². The summed E-state index contributed by atoms with van der Waals surface area (Å²) in [7, 11) is -3.69. The molecule has 1 unspecified atom stereocenters. The molecule has 112 valence electrons. The molecule has 5 nitrogen and oxygen atoms in total. The van der Waals surface area contributed by atoms with Gasteiger partial charge in [0, 0.05) is 5.69 Å². The summed E-state index contributed by atoms with van der Waals surface area (Å²) in [6.07, 6.45) is 1.92. The third-order valence-corrected chi connectivity index (χ3v) is 3.97. The Hall–Kier alpha value is -1.99. The zero-order valence-corrected chi connectivity index (χ0v) is 12.3. The van der Waals surface area contributed by atoms with Gasteiger partial charge in [-0.15, -0.1) is 0 Å². The normalized spacial score (nSPS) is 12.9. The Bertz CT molecular complexity index is 700. The third kappa shape index (κ3) is 3.99. The summed E-state index contributed by atoms with van der Waals surface area (Å²) in [5, 5.41) is 8.27. The van der Waals surface area contributed by atoms with E-state index in [0.717, 1.165) is 17.8 Å². The van der Waals surface area contributed by atoms with Crippen LogP contribution in [-0.4, -0.2) is 13.4 Å². The van der Waals surface area contributed by atoms with Crippen molar-refractivity contribution in [2.24, 2.45) is 5.14 Å². The highest BCUT2D eigenvalue weighted by atomic mass is 32.2. The number of halogens is 1. The minimum absolute atomic E-state index is 0.0565. The van der Waals surface area contributed by atoms with Crippen LogP contribution >= 0.6 is 0 Å². The molecule has 21 heavy (non-hydrogen) atoms. The molecule has 1 atom stereocenters. The van der Waals surface area contributed by atoms with Crippen LogP contribution in [0.4, 0.5) is 10.1 Å². The van der Waals surface area contributed by atoms with E-state index in [4.69, 9.17) is 5.14 Å². The molecule has 0 saturated carbocycles. The lowest BCUT2D eigenvalue weighted by Gasteiger charge is -2.18. The van der Waals surface area contributed by atoms with Gasteiger partial charge in [0.2, 0.25) is 10.0 Å². The summed E-state index contributed by atoms with van der Waals surface area (Å²) in [5.74, 6) is -0.383. The zero-order chi connectivity index (χ0) is 15.5. The molecule has 0 aliphatic rings. The van der Waals surface area contributed by atoms with Gasteiger partial charge >= 0.3 is 0 Å². The van der Waals surface area contributed by atoms with Crippen LogP contribution in [0.1, 0.15) is 25.1 Å². The molecule has 2 rings (SSSR count). The van der Waals surface area contributed by atoms with Crippen LogP contribution in [0.5, 0.6) is 0 Å². The second-order valence-corrected chi connectivity index (χ2v) is 6.14. The number of pyridine rings is 1. The molecule has 0 aliphatic heterocycles. The molecular weight excluding hydrogens is 293 g/mol. The summed E-state index contributed by atoms with van der Waals surface area (Å²) in [6.45, 7) is 1.97. The van der Waals surface area contributed by atoms with Gasteiger partial charge < -0.3 is 5.32 Å². The van der Waals surface area contributed by atoms with E-state index in [9.17, 15) is 12.8 Å². The lowest BCUT2D eigenvalue weighted by atomic mass is 10.1. The molecule has 7 heteroatoms. The summed E-state index contributed by atoms with van der Waals surface area (Å²) in [5.41, 5.74) is 1.45. The van der Waals surface area contributed by atoms with Gasteiger partial charge in [-0.3, -0.25) is 4.98 Å². The smallest absolute Gasteiger partial charge is 0.238 e. The minimum Gasteiger partial charge on any atom is -0.377 e. The number of hydrogen-bond acceptors (Lipinski definition) is 4. The van der Waals surface area contributed by atoms with E-state index in [2.05, 4.69) is 10.3 Å². The van der Waals surface area contributed by atoms with E-state index in [-0.39, 0.29) is 16.8 Å². The van der Waals surface area contributed by atoms with E-state index in [1.54, 1.807) is 18.2 Å². The fourth-order valence-corrected chi connectivity index (χ4v) is 2.44. The Morgan fingerprint density at radius 3 is 2.38 bits per heavy atom. The fraction of sp³-hybridized carbons (Fsp3) is 0.214. The number of aromatic nitrogens is 1. The third-order valence-electron chi connectivity index (χ3n) is 3.04. The van der Waals surface area contributed by atoms with Gasteiger partial charge in [-0.25, -0.2) is 17.9 Å². The van der Waals surface area contributed by atoms with Crippen molar-refractivity contribution < 1.29 is 12.8 Å². The number of primary sulfonamides is 1. The lowest BCUT2D eigenvalue weighted by molar-refractivity contribution is 0.598. The first-order valence-electron chi connectivity index (χ1n) is 6.41. The average molecular weight is 309 g/mol. The minimum atomic E-state index is -3.69. The predicted molar refractivity (Wildman–Crippen MR) is 78.7 cm³/mol. The van der Waals surface area contributed by atoms with Gasteiger partial charge in [-0.05, 0) is 42.8 Å². The molecule has 0 aliphatic carbocycles. The monoisotopic (exact) mass is 309 g/mol. The maximum atomic E-state index is 12.9. The van der Waals surface area contributed by atoms with Gasteiger partial charge in [-0.1, -0.05) is 6.92 Å². The largest absolute Gasteiger partial charge is 0.377 e. The zero-order valence-electron chi connectivity index (χ0n) is 11.5. The van der Waals surface area contributed by atoms with E-state index in [1.807, 2.05) is 6.92 Å². The Morgan fingerprint density at radius 1 is 1.24 bits per heavy atom. The maximum Gasteiger partial charge on any atom is 0.238 e. The molecular formula is C14H16FN3O2S. The quantitative estimate of drug-likeness (QED) is 0.888. The Balaban J connectivity index is 2.17. The fourth-order valence-electron chi connectivity index (χ4n) is 1.92. The van der Waals surface area contributed by atoms with Crippen molar-refractivity contribution in [3.05, 3.63) is 54.1 Å². The van der Waals surface area contributed by atoms with Crippen LogP contribution in [-0.2, 0) is 10.0 Å². The van der Waals surface area contributed by atoms with Crippen molar-refractivity contribution in [1.82, 2.24) is 4.98 Å². The van der Waals surface area contributed by atoms with Crippen molar-refractivity contribution in [1.29, 1.82) is 0 Å². The average Bonchev–Trinajstić information content (AvgIpc) is 2.45. The summed E-state index contributed by atoms with van der Waals surface area (Å²) >= 11 is 0. The second kappa shape index (κ2) is 6.19. The summed E-state index contributed by atoms with van der Waals surface area (Å²) < 4.78 is 35.3. The topological polar surface area (TPSA) is 85.1 Å². The number of rotatable bonds is 5. The highest BCUT2D eigenvalue weighted by molar-refractivity contribution is 7.89. The molecule has 1 aromatic carbocycles. The first kappa shape index (κ1) is 15.4. The van der Waals surface area contributed by atoms with Gasteiger partial charge in [0.15, 0.2) is 0 Å². The number of anilines is 1. The highest BCUT2D eigenvalue weighted by Gasteiger charge is 2.12. The molecule has 0 saturated heterocycles. The van der Waals surface area contributed by atoms with Crippen molar-refractivity contribution >= 4 is 15.7 Å². The second-order valence-electron chi connectivity index (χ2n) is 4.58. The number of hydrogen-bond donors (Lipinski definition) is 2. The molecule has 0 amide bonds. The Labute approximate surface area is 123 Å². The molecule has 0 bridgehead atoms. The maximum absolute atomic E-state index is 12.9. The lowest BCUT2D eigenvalue weighted by Crippen LogP contribution is -2.13. The van der Waals surface area contributed by atoms with E-state index in [1.165, 1.54) is 24.4 Å². The van der Waals surface area contributed by atoms with Crippen LogP contribution < -0.4 is 10.5 Å². The van der Waals surface area contributed by atoms with Crippen molar-refractivity contribution in [3.63, 3.8) is 0 Å². The van der Waals surface area contributed by atoms with Crippen LogP contribution in [0.2, 0.25) is 0 Å². The van der Waals surface area contributed by atoms with Crippen LogP contribution in [0, 0.1) is 5.82 Å². The Morgan fingerprint density at radius 2 is 1.90 bits per heavy atom. The van der Waals surface area contributed by atoms with Crippen molar-refractivity contribution in [2.75, 3.05) is 5.32 Å². The van der Waals surface area contributed by atoms with Crippen LogP contribution in [0.3, 0.4) is 0 Å². The van der Waals surface area contributed by atoms with Crippen molar-refractivity contribution in [2.45, 2.75) is 24.3 Å². The molecule has 1 heterocycles. The van der Waals surface area contributed by atoms with E-state index < -0.39 is 10.0 Å². The molecule has 0 radical (unpaired) electrons. The van der Waals surface area contributed by atoms with Crippen LogP contribution in [0.15, 0.2) is 47.5 Å². The SMILES string of the molecule is CCC(Nc1ccc(S(N)(=O)=O)cc1)c1ccc(F)cn1. The molecule has 2 aromatic rings. The summed E-state index contributed by atoms with van der Waals surface area (Å²) in [4.78, 5) is 4.11. The first-order chi connectivity index (χ1) is 9.90. The molecule has 0 fully saturated rings. The highest BCUT2D eigenvalue weighted by Crippen LogP contribution is 2.22. The van der Waals surface area contributed by atoms with Gasteiger partial charge in [0.1, 0.15) is 5.82 Å². The number of sulfonamides is 1. The molecule has 3 N–H and O–H groups in total. The molecule has 0 spiro atoms.